The highest BCUT2D eigenvalue weighted by Crippen LogP contribution is 2.33. The van der Waals surface area contributed by atoms with Crippen LogP contribution in [0.15, 0.2) is 72.1 Å². The molecule has 34 heavy (non-hydrogen) atoms. The topological polar surface area (TPSA) is 89.8 Å². The van der Waals surface area contributed by atoms with Gasteiger partial charge in [0.2, 0.25) is 5.91 Å². The molecular weight excluding hydrogens is 470 g/mol. The van der Waals surface area contributed by atoms with E-state index in [0.29, 0.717) is 27.3 Å². The molecule has 2 aromatic heterocycles. The molecule has 0 aliphatic rings. The lowest BCUT2D eigenvalue weighted by Crippen LogP contribution is -2.15. The molecule has 0 saturated heterocycles. The second-order valence-electron chi connectivity index (χ2n) is 7.64. The number of rotatable bonds is 7. The molecule has 1 atom stereocenters. The number of nitrogens with one attached hydrogen (secondary N) is 1. The zero-order valence-electron chi connectivity index (χ0n) is 18.8. The number of amides is 1. The molecule has 1 amide bonds. The van der Waals surface area contributed by atoms with E-state index in [-0.39, 0.29) is 11.7 Å². The van der Waals surface area contributed by atoms with E-state index in [1.165, 1.54) is 18.7 Å². The van der Waals surface area contributed by atoms with E-state index in [1.807, 2.05) is 48.7 Å². The number of anilines is 1. The number of carbonyl (C=O) groups is 2. The molecule has 172 valence electrons. The Bertz CT molecular complexity index is 1340. The molecule has 7 nitrogen and oxygen atoms in total. The van der Waals surface area contributed by atoms with Gasteiger partial charge in [-0.1, -0.05) is 29.4 Å². The van der Waals surface area contributed by atoms with Crippen LogP contribution in [0.3, 0.4) is 0 Å². The third-order valence-electron chi connectivity index (χ3n) is 5.19. The molecule has 0 radical (unpaired) electrons. The van der Waals surface area contributed by atoms with Crippen LogP contribution >= 0.6 is 23.4 Å². The first-order chi connectivity index (χ1) is 16.3. The number of nitrogens with zero attached hydrogens (tertiary/aromatic N) is 4. The number of hydrogen-bond acceptors (Lipinski definition) is 6. The van der Waals surface area contributed by atoms with Gasteiger partial charge in [0.05, 0.1) is 10.9 Å². The molecule has 0 spiro atoms. The average molecular weight is 492 g/mol. The summed E-state index contributed by atoms with van der Waals surface area (Å²) >= 11 is 7.73. The van der Waals surface area contributed by atoms with Crippen LogP contribution in [-0.2, 0) is 4.79 Å². The van der Waals surface area contributed by atoms with Crippen molar-refractivity contribution in [2.45, 2.75) is 31.2 Å². The molecule has 0 fully saturated rings. The third kappa shape index (κ3) is 5.03. The fourth-order valence-corrected chi connectivity index (χ4v) is 4.56. The highest BCUT2D eigenvalue weighted by molar-refractivity contribution is 8.00. The molecule has 9 heteroatoms. The summed E-state index contributed by atoms with van der Waals surface area (Å²) in [4.78, 5) is 28.5. The van der Waals surface area contributed by atoms with Crippen LogP contribution in [0.4, 0.5) is 5.69 Å². The summed E-state index contributed by atoms with van der Waals surface area (Å²) in [5, 5.41) is 12.3. The molecular formula is C25H22ClN5O2S. The third-order valence-corrected chi connectivity index (χ3v) is 6.65. The molecule has 1 N–H and O–H groups in total. The van der Waals surface area contributed by atoms with E-state index in [4.69, 9.17) is 11.6 Å². The van der Waals surface area contributed by atoms with Crippen molar-refractivity contribution in [2.75, 3.05) is 5.32 Å². The highest BCUT2D eigenvalue weighted by Gasteiger charge is 2.24. The Morgan fingerprint density at radius 3 is 2.41 bits per heavy atom. The molecule has 2 heterocycles. The minimum Gasteiger partial charge on any atom is -0.326 e. The molecule has 0 bridgehead atoms. The number of hydrogen-bond donors (Lipinski definition) is 1. The van der Waals surface area contributed by atoms with E-state index >= 15 is 0 Å². The van der Waals surface area contributed by atoms with Gasteiger partial charge in [0.1, 0.15) is 0 Å². The van der Waals surface area contributed by atoms with Gasteiger partial charge in [-0.2, -0.15) is 0 Å². The number of ketones is 1. The summed E-state index contributed by atoms with van der Waals surface area (Å²) in [6.45, 7) is 5.22. The van der Waals surface area contributed by atoms with Gasteiger partial charge in [0.15, 0.2) is 16.8 Å². The van der Waals surface area contributed by atoms with Crippen LogP contribution in [0.5, 0.6) is 0 Å². The average Bonchev–Trinajstić information content (AvgIpc) is 3.24. The van der Waals surface area contributed by atoms with Crippen LogP contribution < -0.4 is 5.32 Å². The second-order valence-corrected chi connectivity index (χ2v) is 9.36. The second kappa shape index (κ2) is 10.2. The van der Waals surface area contributed by atoms with Crippen molar-refractivity contribution in [1.82, 2.24) is 19.7 Å². The van der Waals surface area contributed by atoms with Gasteiger partial charge < -0.3 is 5.32 Å². The van der Waals surface area contributed by atoms with E-state index in [1.54, 1.807) is 36.7 Å². The number of pyridine rings is 1. The zero-order chi connectivity index (χ0) is 24.2. The fourth-order valence-electron chi connectivity index (χ4n) is 3.46. The molecule has 4 rings (SSSR count). The number of benzene rings is 2. The van der Waals surface area contributed by atoms with Crippen molar-refractivity contribution in [2.24, 2.45) is 0 Å². The maximum atomic E-state index is 13.1. The largest absolute Gasteiger partial charge is 0.326 e. The first-order valence-electron chi connectivity index (χ1n) is 10.5. The van der Waals surface area contributed by atoms with Crippen molar-refractivity contribution in [3.8, 4) is 17.1 Å². The van der Waals surface area contributed by atoms with Gasteiger partial charge in [0, 0.05) is 41.2 Å². The SMILES string of the molecule is CC(=O)Nc1ccc(C(=O)C(C)Sc2nnc(-c3ccncc3)n2-c2cccc(Cl)c2C)cc1. The Morgan fingerprint density at radius 1 is 1.03 bits per heavy atom. The van der Waals surface area contributed by atoms with Crippen molar-refractivity contribution in [1.29, 1.82) is 0 Å². The standard InChI is InChI=1S/C25H22ClN5O2S/c1-15-21(26)5-4-6-22(15)31-24(19-11-13-27-14-12-19)29-30-25(31)34-16(2)23(33)18-7-9-20(10-8-18)28-17(3)32/h4-14,16H,1-3H3,(H,28,32). The van der Waals surface area contributed by atoms with E-state index in [0.717, 1.165) is 16.8 Å². The van der Waals surface area contributed by atoms with Crippen LogP contribution in [0, 0.1) is 6.92 Å². The first kappa shape index (κ1) is 23.7. The minimum atomic E-state index is -0.431. The van der Waals surface area contributed by atoms with E-state index < -0.39 is 5.25 Å². The van der Waals surface area contributed by atoms with E-state index in [2.05, 4.69) is 20.5 Å². The predicted octanol–water partition coefficient (Wildman–Crippen LogP) is 5.61. The Kier molecular flexibility index (Phi) is 7.09. The first-order valence-corrected chi connectivity index (χ1v) is 11.8. The normalized spacial score (nSPS) is 11.8. The van der Waals surface area contributed by atoms with Crippen molar-refractivity contribution in [3.63, 3.8) is 0 Å². The quantitative estimate of drug-likeness (QED) is 0.267. The van der Waals surface area contributed by atoms with Crippen molar-refractivity contribution < 1.29 is 9.59 Å². The van der Waals surface area contributed by atoms with Crippen LogP contribution in [-0.4, -0.2) is 36.7 Å². The maximum absolute atomic E-state index is 13.1. The van der Waals surface area contributed by atoms with Crippen molar-refractivity contribution >= 4 is 40.7 Å². The number of aromatic nitrogens is 4. The number of Topliss-reactive ketones (excluding diaryl/α,β-unsaturated/α-hetero) is 1. The number of halogens is 1. The summed E-state index contributed by atoms with van der Waals surface area (Å²) in [5.74, 6) is 0.417. The Morgan fingerprint density at radius 2 is 1.74 bits per heavy atom. The highest BCUT2D eigenvalue weighted by atomic mass is 35.5. The molecule has 1 unspecified atom stereocenters. The fraction of sp³-hybridized carbons (Fsp3) is 0.160. The molecule has 4 aromatic rings. The molecule has 0 saturated carbocycles. The van der Waals surface area contributed by atoms with Gasteiger partial charge in [-0.25, -0.2) is 0 Å². The Balaban J connectivity index is 1.68. The van der Waals surface area contributed by atoms with Crippen LogP contribution in [0.2, 0.25) is 5.02 Å². The summed E-state index contributed by atoms with van der Waals surface area (Å²) in [5.41, 5.74) is 3.76. The predicted molar refractivity (Wildman–Crippen MR) is 135 cm³/mol. The zero-order valence-corrected chi connectivity index (χ0v) is 20.4. The Labute approximate surface area is 206 Å². The monoisotopic (exact) mass is 491 g/mol. The molecule has 0 aliphatic carbocycles. The number of thioether (sulfide) groups is 1. The molecule has 2 aromatic carbocycles. The lowest BCUT2D eigenvalue weighted by molar-refractivity contribution is -0.114. The summed E-state index contributed by atoms with van der Waals surface area (Å²) in [6.07, 6.45) is 3.39. The van der Waals surface area contributed by atoms with Crippen LogP contribution in [0.25, 0.3) is 17.1 Å². The maximum Gasteiger partial charge on any atom is 0.221 e. The van der Waals surface area contributed by atoms with E-state index in [9.17, 15) is 9.59 Å². The van der Waals surface area contributed by atoms with Gasteiger partial charge in [0.25, 0.3) is 0 Å². The lowest BCUT2D eigenvalue weighted by atomic mass is 10.1. The Hall–Kier alpha value is -3.49. The summed E-state index contributed by atoms with van der Waals surface area (Å²) in [7, 11) is 0. The van der Waals surface area contributed by atoms with Crippen molar-refractivity contribution in [3.05, 3.63) is 83.1 Å². The summed E-state index contributed by atoms with van der Waals surface area (Å²) < 4.78 is 1.92. The summed E-state index contributed by atoms with van der Waals surface area (Å²) in [6, 6.07) is 16.2. The van der Waals surface area contributed by atoms with Gasteiger partial charge >= 0.3 is 0 Å². The minimum absolute atomic E-state index is 0.0535. The van der Waals surface area contributed by atoms with Gasteiger partial charge in [-0.15, -0.1) is 10.2 Å². The number of carbonyl (C=O) groups excluding carboxylic acids is 2. The van der Waals surface area contributed by atoms with Gasteiger partial charge in [-0.05, 0) is 67.9 Å². The van der Waals surface area contributed by atoms with Crippen LogP contribution in [0.1, 0.15) is 29.8 Å². The molecule has 0 aliphatic heterocycles. The smallest absolute Gasteiger partial charge is 0.221 e. The lowest BCUT2D eigenvalue weighted by Gasteiger charge is -2.16. The van der Waals surface area contributed by atoms with Gasteiger partial charge in [-0.3, -0.25) is 19.1 Å².